The molecule has 0 aromatic heterocycles. The molecule has 0 saturated carbocycles. The van der Waals surface area contributed by atoms with Gasteiger partial charge in [-0.15, -0.1) is 11.8 Å². The number of nitrogens with zero attached hydrogens (tertiary/aromatic N) is 2. The Morgan fingerprint density at radius 1 is 0.350 bits per heavy atom. The standard InChI is InChI=1S/C53H82N2.2C12H25.Ni/c1-5-9-13-14-15-16-17-18-19-20-21-22-23-24-25-26-27-28-29-30-31-32-33-39-47-40-34-35-44-49(47)53-51(43-12-8-4)50(42-11-7-3)52(55(53)54)48-41-36-38-46(45-48)37-10-6-2;2*1-3-5-7-9-11-12-10-8-6-4-2;/h34-36,38,40-41,44-45H,5-29,32-33,37,39,42-43H2,1-4H3;2*1,3-12H2,2H3;/q;2*-1;+2. The van der Waals surface area contributed by atoms with Gasteiger partial charge in [0.25, 0.3) is 0 Å². The average Bonchev–Trinajstić information content (AvgIpc) is 3.87. The first kappa shape index (κ1) is 77.6. The molecule has 2 aromatic rings. The van der Waals surface area contributed by atoms with Crippen LogP contribution in [-0.2, 0) is 29.3 Å². The minimum Gasteiger partial charge on any atom is -0.493 e. The van der Waals surface area contributed by atoms with Gasteiger partial charge in [-0.05, 0) is 87.1 Å². The fourth-order valence-corrected chi connectivity index (χ4v) is 11.3. The van der Waals surface area contributed by atoms with Crippen molar-refractivity contribution in [3.05, 3.63) is 101 Å². The molecule has 1 aliphatic rings. The summed E-state index contributed by atoms with van der Waals surface area (Å²) in [7, 11) is 0. The number of aryl methyl sites for hydroxylation is 2. The van der Waals surface area contributed by atoms with E-state index in [0.717, 1.165) is 100 Å². The third-order valence-electron chi connectivity index (χ3n) is 16.4. The Morgan fingerprint density at radius 2 is 0.700 bits per heavy atom. The second-order valence-corrected chi connectivity index (χ2v) is 24.0. The molecule has 2 nitrogen and oxygen atoms in total. The van der Waals surface area contributed by atoms with Gasteiger partial charge in [-0.25, -0.2) is 4.70 Å². The molecule has 0 N–H and O–H groups in total. The van der Waals surface area contributed by atoms with E-state index in [0.29, 0.717) is 0 Å². The van der Waals surface area contributed by atoms with E-state index in [1.165, 1.54) is 272 Å². The summed E-state index contributed by atoms with van der Waals surface area (Å²) in [6, 6.07) is 17.8. The van der Waals surface area contributed by atoms with E-state index in [4.69, 9.17) is 0 Å². The topological polar surface area (TPSA) is 25.3 Å². The van der Waals surface area contributed by atoms with Crippen LogP contribution >= 0.6 is 0 Å². The fraction of sp³-hybridized carbons (Fsp3) is 0.740. The number of rotatable bonds is 50. The molecule has 0 saturated heterocycles. The van der Waals surface area contributed by atoms with Gasteiger partial charge in [-0.1, -0.05) is 316 Å². The third-order valence-corrected chi connectivity index (χ3v) is 16.4. The number of unbranched alkanes of at least 4 members (excludes halogenated alkanes) is 40. The zero-order chi connectivity index (χ0) is 57.3. The quantitative estimate of drug-likeness (QED) is 0.0207. The second kappa shape index (κ2) is 59.7. The second-order valence-electron chi connectivity index (χ2n) is 24.0. The molecule has 3 heteroatoms. The molecule has 2 aromatic carbocycles. The van der Waals surface area contributed by atoms with Crippen molar-refractivity contribution in [1.82, 2.24) is 0 Å². The molecule has 0 atom stereocenters. The van der Waals surface area contributed by atoms with E-state index in [2.05, 4.69) is 116 Å². The normalized spacial score (nSPS) is 12.0. The van der Waals surface area contributed by atoms with Gasteiger partial charge in [-0.3, -0.25) is 0 Å². The van der Waals surface area contributed by atoms with E-state index in [-0.39, 0.29) is 16.5 Å². The Hall–Kier alpha value is -2.43. The van der Waals surface area contributed by atoms with Crippen LogP contribution in [0.15, 0.2) is 59.7 Å². The molecule has 0 spiro atoms. The Balaban J connectivity index is 0.00000206. The first-order chi connectivity index (χ1) is 39.0. The van der Waals surface area contributed by atoms with Crippen molar-refractivity contribution in [2.75, 3.05) is 0 Å². The summed E-state index contributed by atoms with van der Waals surface area (Å²) in [5.74, 6) is 6.98. The predicted octanol–water partition coefficient (Wildman–Crippen LogP) is 26.8. The smallest absolute Gasteiger partial charge is 0.493 e. The van der Waals surface area contributed by atoms with Gasteiger partial charge in [0.15, 0.2) is 0 Å². The maximum absolute atomic E-state index is 12.1. The maximum atomic E-state index is 12.1. The number of allylic oxidation sites excluding steroid dienone is 2. The van der Waals surface area contributed by atoms with E-state index in [1.54, 1.807) is 4.70 Å². The van der Waals surface area contributed by atoms with Crippen LogP contribution in [0.1, 0.15) is 378 Å². The van der Waals surface area contributed by atoms with Gasteiger partial charge in [0.05, 0.1) is 0 Å². The zero-order valence-electron chi connectivity index (χ0n) is 54.3. The Bertz CT molecular complexity index is 1770. The van der Waals surface area contributed by atoms with Gasteiger partial charge in [-0.2, -0.15) is 12.8 Å². The van der Waals surface area contributed by atoms with Crippen LogP contribution in [0.3, 0.4) is 0 Å². The predicted molar refractivity (Wildman–Crippen MR) is 357 cm³/mol. The molecule has 460 valence electrons. The third kappa shape index (κ3) is 40.7. The first-order valence-corrected chi connectivity index (χ1v) is 35.2. The van der Waals surface area contributed by atoms with E-state index >= 15 is 0 Å². The van der Waals surface area contributed by atoms with Gasteiger partial charge in [0.1, 0.15) is 0 Å². The van der Waals surface area contributed by atoms with Crippen molar-refractivity contribution >= 4 is 11.4 Å². The number of benzene rings is 2. The van der Waals surface area contributed by atoms with Gasteiger partial charge in [0.2, 0.25) is 11.4 Å². The molecule has 80 heavy (non-hydrogen) atoms. The summed E-state index contributed by atoms with van der Waals surface area (Å²) in [5.41, 5.74) is 21.9. The molecular formula is C77H132N2Ni. The monoisotopic (exact) mass is 1140 g/mol. The SMILES string of the molecule is CCCCCCCCCCCCCCCCCCCCC#CCCCc1ccccc1C1=C(CCCC)C(CCCC)=C(c2cccc(CCCC)c2)[N+]1=[N-].[CH2-]CCCCCCCCCCC.[CH2-]CCCCCCCCCCC.[Ni+2]. The van der Waals surface area contributed by atoms with Gasteiger partial charge in [0, 0.05) is 35.1 Å². The number of hydrogen-bond acceptors (Lipinski definition) is 0. The number of hydrogen-bond donors (Lipinski definition) is 0. The average molecular weight is 1140 g/mol. The Labute approximate surface area is 511 Å². The van der Waals surface area contributed by atoms with Crippen LogP contribution in [0.25, 0.3) is 16.9 Å². The van der Waals surface area contributed by atoms with Crippen LogP contribution in [0.2, 0.25) is 0 Å². The summed E-state index contributed by atoms with van der Waals surface area (Å²) >= 11 is 0. The summed E-state index contributed by atoms with van der Waals surface area (Å²) in [6.07, 6.45) is 67.3. The van der Waals surface area contributed by atoms with E-state index < -0.39 is 0 Å². The maximum Gasteiger partial charge on any atom is 2.00 e. The minimum absolute atomic E-state index is 0. The summed E-state index contributed by atoms with van der Waals surface area (Å²) in [6.45, 7) is 21.3. The van der Waals surface area contributed by atoms with Crippen molar-refractivity contribution in [2.45, 2.75) is 369 Å². The molecular weight excluding hydrogens is 1010 g/mol. The molecule has 0 fully saturated rings. The summed E-state index contributed by atoms with van der Waals surface area (Å²) in [5, 5.41) is 0. The van der Waals surface area contributed by atoms with Crippen LogP contribution < -0.4 is 0 Å². The molecule has 0 radical (unpaired) electrons. The van der Waals surface area contributed by atoms with E-state index in [1.807, 2.05) is 0 Å². The van der Waals surface area contributed by atoms with Crippen LogP contribution in [0, 0.1) is 25.7 Å². The summed E-state index contributed by atoms with van der Waals surface area (Å²) < 4.78 is 1.58. The Kier molecular flexibility index (Phi) is 57.9. The molecule has 0 unspecified atom stereocenters. The van der Waals surface area contributed by atoms with Crippen LogP contribution in [0.4, 0.5) is 0 Å². The van der Waals surface area contributed by atoms with Crippen molar-refractivity contribution in [1.29, 1.82) is 0 Å². The minimum atomic E-state index is 0. The van der Waals surface area contributed by atoms with Crippen molar-refractivity contribution in [3.8, 4) is 11.8 Å². The largest absolute Gasteiger partial charge is 2.00 e. The summed E-state index contributed by atoms with van der Waals surface area (Å²) in [4.78, 5) is 0. The molecule has 0 amide bonds. The molecule has 1 aliphatic heterocycles. The van der Waals surface area contributed by atoms with Crippen molar-refractivity contribution in [3.63, 3.8) is 0 Å². The van der Waals surface area contributed by atoms with Gasteiger partial charge >= 0.3 is 16.5 Å². The molecule has 3 rings (SSSR count). The van der Waals surface area contributed by atoms with Crippen LogP contribution in [0.5, 0.6) is 0 Å². The van der Waals surface area contributed by atoms with Crippen molar-refractivity contribution < 1.29 is 21.2 Å². The molecule has 0 aliphatic carbocycles. The molecule has 1 heterocycles. The molecule has 0 bridgehead atoms. The first-order valence-electron chi connectivity index (χ1n) is 35.2. The van der Waals surface area contributed by atoms with Gasteiger partial charge < -0.3 is 19.4 Å². The fourth-order valence-electron chi connectivity index (χ4n) is 11.3. The zero-order valence-corrected chi connectivity index (χ0v) is 55.3. The van der Waals surface area contributed by atoms with E-state index in [9.17, 15) is 5.53 Å². The van der Waals surface area contributed by atoms with Crippen LogP contribution in [-0.4, -0.2) is 4.70 Å². The Morgan fingerprint density at radius 3 is 1.11 bits per heavy atom. The van der Waals surface area contributed by atoms with Crippen molar-refractivity contribution in [2.24, 2.45) is 0 Å².